The van der Waals surface area contributed by atoms with Crippen molar-refractivity contribution in [2.75, 3.05) is 5.32 Å². The molecule has 0 unspecified atom stereocenters. The second kappa shape index (κ2) is 5.69. The molecule has 2 aromatic carbocycles. The number of aryl methyl sites for hydroxylation is 1. The normalized spacial score (nSPS) is 10.1. The molecule has 0 fully saturated rings. The summed E-state index contributed by atoms with van der Waals surface area (Å²) in [5, 5.41) is 3.50. The van der Waals surface area contributed by atoms with Crippen molar-refractivity contribution in [3.05, 3.63) is 64.7 Å². The average molecular weight is 260 g/mol. The van der Waals surface area contributed by atoms with E-state index in [2.05, 4.69) is 5.32 Å². The van der Waals surface area contributed by atoms with E-state index in [0.29, 0.717) is 11.4 Å². The highest BCUT2D eigenvalue weighted by atomic mass is 35.5. The van der Waals surface area contributed by atoms with Crippen LogP contribution >= 0.6 is 11.6 Å². The molecule has 1 amide bonds. The van der Waals surface area contributed by atoms with Crippen LogP contribution in [0.1, 0.15) is 11.1 Å². The Bertz CT molecular complexity index is 552. The van der Waals surface area contributed by atoms with Gasteiger partial charge in [-0.15, -0.1) is 0 Å². The average Bonchev–Trinajstić information content (AvgIpc) is 2.35. The van der Waals surface area contributed by atoms with Crippen molar-refractivity contribution in [2.45, 2.75) is 13.3 Å². The zero-order chi connectivity index (χ0) is 13.0. The van der Waals surface area contributed by atoms with Crippen molar-refractivity contribution >= 4 is 23.2 Å². The number of halogens is 1. The zero-order valence-corrected chi connectivity index (χ0v) is 10.9. The van der Waals surface area contributed by atoms with Crippen LogP contribution < -0.4 is 5.32 Å². The highest BCUT2D eigenvalue weighted by molar-refractivity contribution is 6.31. The van der Waals surface area contributed by atoms with E-state index in [4.69, 9.17) is 11.6 Å². The lowest BCUT2D eigenvalue weighted by Crippen LogP contribution is -2.15. The lowest BCUT2D eigenvalue weighted by atomic mass is 10.1. The van der Waals surface area contributed by atoms with Crippen molar-refractivity contribution in [3.63, 3.8) is 0 Å². The quantitative estimate of drug-likeness (QED) is 0.892. The summed E-state index contributed by atoms with van der Waals surface area (Å²) >= 11 is 5.91. The molecule has 0 radical (unpaired) electrons. The summed E-state index contributed by atoms with van der Waals surface area (Å²) in [6.07, 6.45) is 0.368. The van der Waals surface area contributed by atoms with E-state index in [9.17, 15) is 4.79 Å². The van der Waals surface area contributed by atoms with E-state index < -0.39 is 0 Å². The molecule has 2 aromatic rings. The molecule has 2 nitrogen and oxygen atoms in total. The fourth-order valence-electron chi connectivity index (χ4n) is 1.70. The molecule has 0 aliphatic carbocycles. The second-order valence-corrected chi connectivity index (χ2v) is 4.61. The molecule has 0 atom stereocenters. The highest BCUT2D eigenvalue weighted by Gasteiger charge is 2.06. The Morgan fingerprint density at radius 2 is 1.89 bits per heavy atom. The summed E-state index contributed by atoms with van der Waals surface area (Å²) in [7, 11) is 0. The molecule has 18 heavy (non-hydrogen) atoms. The van der Waals surface area contributed by atoms with Crippen LogP contribution in [0.4, 0.5) is 5.69 Å². The predicted molar refractivity (Wildman–Crippen MR) is 75.0 cm³/mol. The van der Waals surface area contributed by atoms with E-state index in [1.807, 2.05) is 49.4 Å². The third-order valence-electron chi connectivity index (χ3n) is 2.68. The summed E-state index contributed by atoms with van der Waals surface area (Å²) in [6.45, 7) is 1.94. The van der Waals surface area contributed by atoms with Gasteiger partial charge in [-0.05, 0) is 30.2 Å². The van der Waals surface area contributed by atoms with Gasteiger partial charge < -0.3 is 5.32 Å². The van der Waals surface area contributed by atoms with Gasteiger partial charge in [-0.2, -0.15) is 0 Å². The Morgan fingerprint density at radius 3 is 2.61 bits per heavy atom. The number of carbonyl (C=O) groups excluding carboxylic acids is 1. The van der Waals surface area contributed by atoms with Crippen molar-refractivity contribution in [1.29, 1.82) is 0 Å². The van der Waals surface area contributed by atoms with E-state index in [1.54, 1.807) is 6.07 Å². The zero-order valence-electron chi connectivity index (χ0n) is 10.1. The molecule has 0 bridgehead atoms. The summed E-state index contributed by atoms with van der Waals surface area (Å²) in [5.74, 6) is -0.0356. The third-order valence-corrected chi connectivity index (χ3v) is 2.92. The molecule has 2 rings (SSSR count). The van der Waals surface area contributed by atoms with Gasteiger partial charge >= 0.3 is 0 Å². The summed E-state index contributed by atoms with van der Waals surface area (Å²) in [6, 6.07) is 15.1. The molecule has 0 aliphatic heterocycles. The number of benzene rings is 2. The smallest absolute Gasteiger partial charge is 0.228 e. The Hall–Kier alpha value is -1.80. The monoisotopic (exact) mass is 259 g/mol. The molecule has 0 aromatic heterocycles. The van der Waals surface area contributed by atoms with Crippen LogP contribution in [0.5, 0.6) is 0 Å². The molecular formula is C15H14ClNO. The maximum atomic E-state index is 11.9. The Morgan fingerprint density at radius 1 is 1.17 bits per heavy atom. The number of carbonyl (C=O) groups is 1. The topological polar surface area (TPSA) is 29.1 Å². The first kappa shape index (κ1) is 12.7. The first-order chi connectivity index (χ1) is 8.65. The molecule has 1 N–H and O–H groups in total. The van der Waals surface area contributed by atoms with E-state index in [-0.39, 0.29) is 5.91 Å². The molecule has 0 saturated heterocycles. The lowest BCUT2D eigenvalue weighted by Gasteiger charge is -2.08. The second-order valence-electron chi connectivity index (χ2n) is 4.17. The fraction of sp³-hybridized carbons (Fsp3) is 0.133. The van der Waals surface area contributed by atoms with Crippen molar-refractivity contribution in [2.24, 2.45) is 0 Å². The number of hydrogen-bond donors (Lipinski definition) is 1. The van der Waals surface area contributed by atoms with Crippen LogP contribution in [-0.2, 0) is 11.2 Å². The molecule has 0 spiro atoms. The van der Waals surface area contributed by atoms with Gasteiger partial charge in [0.15, 0.2) is 0 Å². The Kier molecular flexibility index (Phi) is 4.00. The van der Waals surface area contributed by atoms with Crippen LogP contribution in [-0.4, -0.2) is 5.91 Å². The summed E-state index contributed by atoms with van der Waals surface area (Å²) in [5.41, 5.74) is 2.76. The molecule has 0 saturated carbocycles. The SMILES string of the molecule is Cc1ccc(Cl)cc1NC(=O)Cc1ccccc1. The molecule has 0 aliphatic rings. The van der Waals surface area contributed by atoms with Gasteiger partial charge in [0, 0.05) is 10.7 Å². The van der Waals surface area contributed by atoms with Gasteiger partial charge in [0.1, 0.15) is 0 Å². The largest absolute Gasteiger partial charge is 0.326 e. The molecular weight excluding hydrogens is 246 g/mol. The fourth-order valence-corrected chi connectivity index (χ4v) is 1.88. The number of rotatable bonds is 3. The van der Waals surface area contributed by atoms with Crippen molar-refractivity contribution < 1.29 is 4.79 Å². The van der Waals surface area contributed by atoms with Gasteiger partial charge in [0.2, 0.25) is 5.91 Å². The third kappa shape index (κ3) is 3.34. The first-order valence-electron chi connectivity index (χ1n) is 5.75. The van der Waals surface area contributed by atoms with Crippen LogP contribution in [0.25, 0.3) is 0 Å². The molecule has 0 heterocycles. The van der Waals surface area contributed by atoms with Gasteiger partial charge in [-0.3, -0.25) is 4.79 Å². The van der Waals surface area contributed by atoms with Gasteiger partial charge in [-0.1, -0.05) is 48.0 Å². The predicted octanol–water partition coefficient (Wildman–Crippen LogP) is 3.83. The molecule has 3 heteroatoms. The van der Waals surface area contributed by atoms with Crippen molar-refractivity contribution in [1.82, 2.24) is 0 Å². The van der Waals surface area contributed by atoms with Crippen LogP contribution in [0.15, 0.2) is 48.5 Å². The van der Waals surface area contributed by atoms with Gasteiger partial charge in [0.05, 0.1) is 6.42 Å². The standard InChI is InChI=1S/C15H14ClNO/c1-11-7-8-13(16)10-14(11)17-15(18)9-12-5-3-2-4-6-12/h2-8,10H,9H2,1H3,(H,17,18). The number of hydrogen-bond acceptors (Lipinski definition) is 1. The maximum Gasteiger partial charge on any atom is 0.228 e. The van der Waals surface area contributed by atoms with E-state index in [1.165, 1.54) is 0 Å². The summed E-state index contributed by atoms with van der Waals surface area (Å²) < 4.78 is 0. The Labute approximate surface area is 112 Å². The maximum absolute atomic E-state index is 11.9. The Balaban J connectivity index is 2.05. The number of amides is 1. The van der Waals surface area contributed by atoms with Crippen molar-refractivity contribution in [3.8, 4) is 0 Å². The lowest BCUT2D eigenvalue weighted by molar-refractivity contribution is -0.115. The van der Waals surface area contributed by atoms with Gasteiger partial charge in [0.25, 0.3) is 0 Å². The summed E-state index contributed by atoms with van der Waals surface area (Å²) in [4.78, 5) is 11.9. The first-order valence-corrected chi connectivity index (χ1v) is 6.13. The minimum absolute atomic E-state index is 0.0356. The van der Waals surface area contributed by atoms with Crippen LogP contribution in [0.2, 0.25) is 5.02 Å². The van der Waals surface area contributed by atoms with Crippen LogP contribution in [0.3, 0.4) is 0 Å². The highest BCUT2D eigenvalue weighted by Crippen LogP contribution is 2.20. The number of anilines is 1. The minimum atomic E-state index is -0.0356. The van der Waals surface area contributed by atoms with E-state index in [0.717, 1.165) is 16.8 Å². The van der Waals surface area contributed by atoms with Crippen LogP contribution in [0, 0.1) is 6.92 Å². The van der Waals surface area contributed by atoms with E-state index >= 15 is 0 Å². The molecule has 92 valence electrons. The number of nitrogens with one attached hydrogen (secondary N) is 1. The minimum Gasteiger partial charge on any atom is -0.326 e. The van der Waals surface area contributed by atoms with Gasteiger partial charge in [-0.25, -0.2) is 0 Å².